The molecule has 2 heterocycles. The second-order valence-electron chi connectivity index (χ2n) is 3.67. The van der Waals surface area contributed by atoms with Crippen LogP contribution in [0.3, 0.4) is 0 Å². The lowest BCUT2D eigenvalue weighted by atomic mass is 10.1. The number of rotatable bonds is 1. The van der Waals surface area contributed by atoms with E-state index in [2.05, 4.69) is 5.32 Å². The van der Waals surface area contributed by atoms with Crippen molar-refractivity contribution in [1.82, 2.24) is 5.32 Å². The predicted octanol–water partition coefficient (Wildman–Crippen LogP) is 1.00. The number of carbonyl (C=O) groups excluding carboxylic acids is 1. The van der Waals surface area contributed by atoms with Crippen molar-refractivity contribution in [2.45, 2.75) is 37.8 Å². The summed E-state index contributed by atoms with van der Waals surface area (Å²) in [4.78, 5) is 10.8. The van der Waals surface area contributed by atoms with Gasteiger partial charge >= 0.3 is 5.97 Å². The normalized spacial score (nSPS) is 34.3. The summed E-state index contributed by atoms with van der Waals surface area (Å²) < 4.78 is 5.14. The van der Waals surface area contributed by atoms with Gasteiger partial charge < -0.3 is 10.1 Å². The molecule has 0 bridgehead atoms. The number of hydrogen-bond acceptors (Lipinski definition) is 3. The van der Waals surface area contributed by atoms with Crippen molar-refractivity contribution in [3.8, 4) is 0 Å². The summed E-state index contributed by atoms with van der Waals surface area (Å²) in [7, 11) is 0. The van der Waals surface area contributed by atoms with Gasteiger partial charge in [0.05, 0.1) is 0 Å². The van der Waals surface area contributed by atoms with Crippen molar-refractivity contribution in [2.75, 3.05) is 6.54 Å². The highest BCUT2D eigenvalue weighted by molar-refractivity contribution is 5.84. The topological polar surface area (TPSA) is 38.3 Å². The molecule has 3 nitrogen and oxygen atoms in total. The van der Waals surface area contributed by atoms with E-state index in [4.69, 9.17) is 4.74 Å². The van der Waals surface area contributed by atoms with Gasteiger partial charge in [0.25, 0.3) is 0 Å². The Bertz CT molecular complexity index is 217. The molecular formula is C10H15NO2. The molecule has 1 fully saturated rings. The molecule has 0 aromatic carbocycles. The minimum atomic E-state index is -0.198. The van der Waals surface area contributed by atoms with Gasteiger partial charge in [0.15, 0.2) is 0 Å². The van der Waals surface area contributed by atoms with Crippen LogP contribution in [-0.2, 0) is 9.53 Å². The second-order valence-corrected chi connectivity index (χ2v) is 3.67. The molecule has 0 unspecified atom stereocenters. The van der Waals surface area contributed by atoms with Crippen LogP contribution in [0.15, 0.2) is 12.2 Å². The van der Waals surface area contributed by atoms with Crippen LogP contribution in [0.25, 0.3) is 0 Å². The SMILES string of the molecule is O=C1C=C[C@H]([C@H]2CCCCCN2)O1. The minimum absolute atomic E-state index is 0.0226. The summed E-state index contributed by atoms with van der Waals surface area (Å²) >= 11 is 0. The molecule has 0 aromatic rings. The van der Waals surface area contributed by atoms with Crippen molar-refractivity contribution in [2.24, 2.45) is 0 Å². The quantitative estimate of drug-likeness (QED) is 0.613. The van der Waals surface area contributed by atoms with E-state index in [0.29, 0.717) is 6.04 Å². The van der Waals surface area contributed by atoms with Gasteiger partial charge in [-0.2, -0.15) is 0 Å². The molecule has 13 heavy (non-hydrogen) atoms. The van der Waals surface area contributed by atoms with E-state index in [1.807, 2.05) is 6.08 Å². The first kappa shape index (κ1) is 8.75. The number of hydrogen-bond donors (Lipinski definition) is 1. The first-order valence-corrected chi connectivity index (χ1v) is 4.98. The highest BCUT2D eigenvalue weighted by Crippen LogP contribution is 2.17. The summed E-state index contributed by atoms with van der Waals surface area (Å²) in [5, 5.41) is 3.42. The standard InChI is InChI=1S/C10H15NO2/c12-10-6-5-9(13-10)8-4-2-1-3-7-11-8/h5-6,8-9,11H,1-4,7H2/t8-,9-/m1/s1. The van der Waals surface area contributed by atoms with Crippen molar-refractivity contribution in [1.29, 1.82) is 0 Å². The van der Waals surface area contributed by atoms with E-state index in [-0.39, 0.29) is 12.1 Å². The molecule has 2 aliphatic rings. The Balaban J connectivity index is 1.91. The van der Waals surface area contributed by atoms with E-state index in [1.54, 1.807) is 0 Å². The molecular weight excluding hydrogens is 166 g/mol. The van der Waals surface area contributed by atoms with Crippen molar-refractivity contribution >= 4 is 5.97 Å². The first-order valence-electron chi connectivity index (χ1n) is 4.98. The molecule has 2 rings (SSSR count). The lowest BCUT2D eigenvalue weighted by molar-refractivity contribution is -0.139. The van der Waals surface area contributed by atoms with Crippen LogP contribution >= 0.6 is 0 Å². The van der Waals surface area contributed by atoms with Gasteiger partial charge in [-0.15, -0.1) is 0 Å². The van der Waals surface area contributed by atoms with E-state index >= 15 is 0 Å². The van der Waals surface area contributed by atoms with Gasteiger partial charge in [-0.25, -0.2) is 4.79 Å². The van der Waals surface area contributed by atoms with Gasteiger partial charge in [0.1, 0.15) is 6.10 Å². The summed E-state index contributed by atoms with van der Waals surface area (Å²) in [6.07, 6.45) is 8.24. The van der Waals surface area contributed by atoms with Crippen LogP contribution in [0.5, 0.6) is 0 Å². The molecule has 0 amide bonds. The zero-order valence-electron chi connectivity index (χ0n) is 7.66. The maximum atomic E-state index is 10.8. The van der Waals surface area contributed by atoms with E-state index in [9.17, 15) is 4.79 Å². The van der Waals surface area contributed by atoms with Crippen LogP contribution in [0.4, 0.5) is 0 Å². The van der Waals surface area contributed by atoms with Crippen LogP contribution in [-0.4, -0.2) is 24.7 Å². The van der Waals surface area contributed by atoms with Crippen molar-refractivity contribution in [3.05, 3.63) is 12.2 Å². The fourth-order valence-electron chi connectivity index (χ4n) is 1.94. The van der Waals surface area contributed by atoms with E-state index < -0.39 is 0 Å². The summed E-state index contributed by atoms with van der Waals surface area (Å²) in [5.74, 6) is -0.198. The number of ether oxygens (including phenoxy) is 1. The zero-order valence-corrected chi connectivity index (χ0v) is 7.66. The van der Waals surface area contributed by atoms with Crippen molar-refractivity contribution in [3.63, 3.8) is 0 Å². The molecule has 0 radical (unpaired) electrons. The molecule has 1 saturated heterocycles. The summed E-state index contributed by atoms with van der Waals surface area (Å²) in [6.45, 7) is 1.05. The maximum absolute atomic E-state index is 10.8. The highest BCUT2D eigenvalue weighted by atomic mass is 16.5. The van der Waals surface area contributed by atoms with Gasteiger partial charge in [-0.1, -0.05) is 12.8 Å². The fraction of sp³-hybridized carbons (Fsp3) is 0.700. The lowest BCUT2D eigenvalue weighted by Gasteiger charge is -2.20. The Kier molecular flexibility index (Phi) is 2.64. The Morgan fingerprint density at radius 1 is 1.38 bits per heavy atom. The van der Waals surface area contributed by atoms with Crippen LogP contribution in [0.2, 0.25) is 0 Å². The zero-order chi connectivity index (χ0) is 9.10. The van der Waals surface area contributed by atoms with Gasteiger partial charge in [0, 0.05) is 12.1 Å². The third-order valence-electron chi connectivity index (χ3n) is 2.67. The molecule has 0 saturated carbocycles. The fourth-order valence-corrected chi connectivity index (χ4v) is 1.94. The van der Waals surface area contributed by atoms with Crippen LogP contribution < -0.4 is 5.32 Å². The van der Waals surface area contributed by atoms with E-state index in [0.717, 1.165) is 13.0 Å². The Hall–Kier alpha value is -0.830. The lowest BCUT2D eigenvalue weighted by Crippen LogP contribution is -2.38. The predicted molar refractivity (Wildman–Crippen MR) is 49.3 cm³/mol. The maximum Gasteiger partial charge on any atom is 0.331 e. The van der Waals surface area contributed by atoms with Crippen molar-refractivity contribution < 1.29 is 9.53 Å². The molecule has 2 aliphatic heterocycles. The molecule has 2 atom stereocenters. The first-order chi connectivity index (χ1) is 6.36. The highest BCUT2D eigenvalue weighted by Gasteiger charge is 2.26. The molecule has 72 valence electrons. The van der Waals surface area contributed by atoms with Crippen LogP contribution in [0.1, 0.15) is 25.7 Å². The molecule has 0 spiro atoms. The number of cyclic esters (lactones) is 1. The molecule has 1 N–H and O–H groups in total. The Morgan fingerprint density at radius 2 is 2.31 bits per heavy atom. The van der Waals surface area contributed by atoms with E-state index in [1.165, 1.54) is 25.3 Å². The number of esters is 1. The average Bonchev–Trinajstić information content (AvgIpc) is 2.43. The number of carbonyl (C=O) groups is 1. The number of nitrogens with one attached hydrogen (secondary N) is 1. The Morgan fingerprint density at radius 3 is 3.08 bits per heavy atom. The van der Waals surface area contributed by atoms with Gasteiger partial charge in [-0.3, -0.25) is 0 Å². The van der Waals surface area contributed by atoms with Gasteiger partial charge in [0.2, 0.25) is 0 Å². The summed E-state index contributed by atoms with van der Waals surface area (Å²) in [5.41, 5.74) is 0. The minimum Gasteiger partial charge on any atom is -0.453 e. The molecule has 0 aromatic heterocycles. The average molecular weight is 181 g/mol. The largest absolute Gasteiger partial charge is 0.453 e. The third-order valence-corrected chi connectivity index (χ3v) is 2.67. The smallest absolute Gasteiger partial charge is 0.331 e. The second kappa shape index (κ2) is 3.92. The molecule has 0 aliphatic carbocycles. The van der Waals surface area contributed by atoms with Gasteiger partial charge in [-0.05, 0) is 25.5 Å². The Labute approximate surface area is 78.1 Å². The van der Waals surface area contributed by atoms with Crippen LogP contribution in [0, 0.1) is 0 Å². The third kappa shape index (κ3) is 2.10. The molecule has 3 heteroatoms. The monoisotopic (exact) mass is 181 g/mol. The summed E-state index contributed by atoms with van der Waals surface area (Å²) in [6, 6.07) is 0.338.